The minimum atomic E-state index is 0. The van der Waals surface area contributed by atoms with Crippen LogP contribution in [0.1, 0.15) is 47.0 Å². The predicted octanol–water partition coefficient (Wildman–Crippen LogP) is 1.13. The van der Waals surface area contributed by atoms with Crippen molar-refractivity contribution < 1.29 is 0 Å². The lowest BCUT2D eigenvalue weighted by molar-refractivity contribution is 0.183. The zero-order chi connectivity index (χ0) is 7.83. The molecule has 0 aliphatic carbocycles. The van der Waals surface area contributed by atoms with Crippen LogP contribution in [-0.2, 0) is 0 Å². The molecule has 1 nitrogen and oxygen atoms in total. The molecule has 0 unspecified atom stereocenters. The van der Waals surface area contributed by atoms with E-state index in [2.05, 4.69) is 33.0 Å². The van der Waals surface area contributed by atoms with Gasteiger partial charge in [-0.3, -0.25) is 0 Å². The first kappa shape index (κ1) is 11.0. The van der Waals surface area contributed by atoms with Gasteiger partial charge in [0.15, 0.2) is 0 Å². The van der Waals surface area contributed by atoms with Crippen molar-refractivity contribution in [3.8, 4) is 0 Å². The summed E-state index contributed by atoms with van der Waals surface area (Å²) in [4.78, 5) is 0. The maximum Gasteiger partial charge on any atom is 0.0814 e. The summed E-state index contributed by atoms with van der Waals surface area (Å²) < 4.78 is 0. The maximum atomic E-state index is 3.63. The van der Waals surface area contributed by atoms with Gasteiger partial charge in [0.25, 0.3) is 0 Å². The molecule has 0 aromatic carbocycles. The van der Waals surface area contributed by atoms with Crippen molar-refractivity contribution in [1.29, 1.82) is 0 Å². The van der Waals surface area contributed by atoms with Crippen LogP contribution < -0.4 is 5.32 Å². The van der Waals surface area contributed by atoms with Crippen LogP contribution in [-0.4, -0.2) is 19.5 Å². The lowest BCUT2D eigenvalue weighted by Crippen LogP contribution is -2.55. The van der Waals surface area contributed by atoms with Crippen LogP contribution in [0.5, 0.6) is 0 Å². The van der Waals surface area contributed by atoms with Gasteiger partial charge in [-0.1, -0.05) is 0 Å². The Morgan fingerprint density at radius 1 is 0.909 bits per heavy atom. The quantitative estimate of drug-likeness (QED) is 0.517. The molecule has 1 fully saturated rings. The fraction of sp³-hybridized carbons (Fsp3) is 1.00. The molecule has 0 radical (unpaired) electrons. The van der Waals surface area contributed by atoms with Gasteiger partial charge >= 0.3 is 0 Å². The van der Waals surface area contributed by atoms with E-state index in [1.54, 1.807) is 0 Å². The summed E-state index contributed by atoms with van der Waals surface area (Å²) in [5, 5.41) is 3.63. The van der Waals surface area contributed by atoms with Gasteiger partial charge in [0.05, 0.1) is 8.41 Å². The lowest BCUT2D eigenvalue weighted by Gasteiger charge is -2.42. The smallest absolute Gasteiger partial charge is 0.0814 e. The monoisotopic (exact) mass is 155 g/mol. The molecule has 0 atom stereocenters. The van der Waals surface area contributed by atoms with E-state index in [4.69, 9.17) is 0 Å². The average Bonchev–Trinajstić information content (AvgIpc) is 1.56. The van der Waals surface area contributed by atoms with Crippen molar-refractivity contribution in [3.05, 3.63) is 0 Å². The van der Waals surface area contributed by atoms with Crippen molar-refractivity contribution >= 4 is 8.41 Å². The van der Waals surface area contributed by atoms with Crippen LogP contribution in [0.2, 0.25) is 0 Å². The molecule has 1 saturated heterocycles. The van der Waals surface area contributed by atoms with Crippen LogP contribution in [0.25, 0.3) is 0 Å². The first-order chi connectivity index (χ1) is 4.41. The predicted molar refractivity (Wildman–Crippen MR) is 55.1 cm³/mol. The van der Waals surface area contributed by atoms with Gasteiger partial charge in [0.2, 0.25) is 0 Å². The molecular formula is C9H22BN. The molecule has 0 spiro atoms. The van der Waals surface area contributed by atoms with Crippen molar-refractivity contribution in [2.45, 2.75) is 58.0 Å². The minimum absolute atomic E-state index is 0. The zero-order valence-electron chi connectivity index (χ0n) is 7.62. The Bertz CT molecular complexity index is 116. The van der Waals surface area contributed by atoms with Gasteiger partial charge in [0, 0.05) is 11.1 Å². The van der Waals surface area contributed by atoms with Crippen LogP contribution in [0.15, 0.2) is 0 Å². The van der Waals surface area contributed by atoms with E-state index >= 15 is 0 Å². The van der Waals surface area contributed by atoms with Crippen molar-refractivity contribution in [1.82, 2.24) is 5.32 Å². The summed E-state index contributed by atoms with van der Waals surface area (Å²) in [5.74, 6) is 0. The Morgan fingerprint density at radius 2 is 1.27 bits per heavy atom. The van der Waals surface area contributed by atoms with E-state index in [0.717, 1.165) is 0 Å². The summed E-state index contributed by atoms with van der Waals surface area (Å²) in [5.41, 5.74) is 0.726. The maximum absolute atomic E-state index is 3.63. The number of rotatable bonds is 0. The van der Waals surface area contributed by atoms with E-state index in [9.17, 15) is 0 Å². The van der Waals surface area contributed by atoms with Crippen LogP contribution in [0, 0.1) is 0 Å². The highest BCUT2D eigenvalue weighted by atomic mass is 15.0. The fourth-order valence-electron chi connectivity index (χ4n) is 2.01. The molecule has 0 amide bonds. The third-order valence-electron chi connectivity index (χ3n) is 2.28. The minimum Gasteiger partial charge on any atom is -0.307 e. The zero-order valence-corrected chi connectivity index (χ0v) is 7.62. The number of hydrogen-bond acceptors (Lipinski definition) is 1. The second-order valence-electron chi connectivity index (χ2n) is 4.75. The standard InChI is InChI=1S/C9H19N.BH3/c1-8(2)6-5-7-9(3,4)10-8;/h10H,5-7H2,1-4H3;1H3. The Kier molecular flexibility index (Phi) is 3.19. The number of nitrogens with one attached hydrogen (secondary N) is 1. The molecule has 66 valence electrons. The van der Waals surface area contributed by atoms with Gasteiger partial charge in [-0.2, -0.15) is 0 Å². The van der Waals surface area contributed by atoms with E-state index in [0.29, 0.717) is 11.1 Å². The van der Waals surface area contributed by atoms with Gasteiger partial charge < -0.3 is 5.32 Å². The van der Waals surface area contributed by atoms with Crippen LogP contribution >= 0.6 is 0 Å². The average molecular weight is 155 g/mol. The molecule has 11 heavy (non-hydrogen) atoms. The van der Waals surface area contributed by atoms with Crippen LogP contribution in [0.3, 0.4) is 0 Å². The molecule has 1 aliphatic rings. The van der Waals surface area contributed by atoms with Crippen molar-refractivity contribution in [2.75, 3.05) is 0 Å². The van der Waals surface area contributed by atoms with E-state index < -0.39 is 0 Å². The first-order valence-electron chi connectivity index (χ1n) is 4.21. The van der Waals surface area contributed by atoms with Gasteiger partial charge in [-0.05, 0) is 47.0 Å². The molecule has 1 aliphatic heterocycles. The summed E-state index contributed by atoms with van der Waals surface area (Å²) in [7, 11) is 0. The molecular weight excluding hydrogens is 133 g/mol. The molecule has 2 heteroatoms. The van der Waals surface area contributed by atoms with Crippen LogP contribution in [0.4, 0.5) is 0 Å². The topological polar surface area (TPSA) is 12.0 Å². The molecule has 0 bridgehead atoms. The largest absolute Gasteiger partial charge is 0.307 e. The highest BCUT2D eigenvalue weighted by Gasteiger charge is 2.31. The Morgan fingerprint density at radius 3 is 1.45 bits per heavy atom. The molecule has 1 N–H and O–H groups in total. The first-order valence-corrected chi connectivity index (χ1v) is 4.21. The molecule has 1 rings (SSSR count). The second-order valence-corrected chi connectivity index (χ2v) is 4.75. The Balaban J connectivity index is 0.000001000. The normalized spacial score (nSPS) is 27.3. The lowest BCUT2D eigenvalue weighted by atomic mass is 9.83. The molecule has 0 aromatic rings. The van der Waals surface area contributed by atoms with E-state index in [1.165, 1.54) is 19.3 Å². The number of hydrogen-bond donors (Lipinski definition) is 1. The summed E-state index contributed by atoms with van der Waals surface area (Å²) >= 11 is 0. The highest BCUT2D eigenvalue weighted by molar-refractivity contribution is 5.75. The third-order valence-corrected chi connectivity index (χ3v) is 2.28. The SMILES string of the molecule is B.CC1(C)CCCC(C)(C)N1. The van der Waals surface area contributed by atoms with Gasteiger partial charge in [0.1, 0.15) is 0 Å². The second kappa shape index (κ2) is 3.18. The molecule has 0 saturated carbocycles. The molecule has 1 heterocycles. The highest BCUT2D eigenvalue weighted by Crippen LogP contribution is 2.27. The van der Waals surface area contributed by atoms with Crippen molar-refractivity contribution in [3.63, 3.8) is 0 Å². The Hall–Kier alpha value is 0.0249. The van der Waals surface area contributed by atoms with E-state index in [-0.39, 0.29) is 8.41 Å². The summed E-state index contributed by atoms with van der Waals surface area (Å²) in [6, 6.07) is 0. The number of piperidine rings is 1. The molecule has 0 aromatic heterocycles. The van der Waals surface area contributed by atoms with Gasteiger partial charge in [-0.25, -0.2) is 0 Å². The Labute approximate surface area is 72.5 Å². The fourth-order valence-corrected chi connectivity index (χ4v) is 2.01. The third kappa shape index (κ3) is 3.28. The summed E-state index contributed by atoms with van der Waals surface area (Å²) in [6.45, 7) is 9.14. The van der Waals surface area contributed by atoms with Gasteiger partial charge in [-0.15, -0.1) is 0 Å². The van der Waals surface area contributed by atoms with E-state index in [1.807, 2.05) is 0 Å². The summed E-state index contributed by atoms with van der Waals surface area (Å²) in [6.07, 6.45) is 4.00. The van der Waals surface area contributed by atoms with Crippen molar-refractivity contribution in [2.24, 2.45) is 0 Å².